The first-order valence-electron chi connectivity index (χ1n) is 5.43. The maximum absolute atomic E-state index is 13.1. The molecule has 0 aliphatic carbocycles. The molecule has 0 aromatic heterocycles. The number of hydrogen-bond acceptors (Lipinski definition) is 3. The van der Waals surface area contributed by atoms with Gasteiger partial charge in [0.25, 0.3) is 0 Å². The van der Waals surface area contributed by atoms with Crippen molar-refractivity contribution >= 4 is 24.0 Å². The lowest BCUT2D eigenvalue weighted by molar-refractivity contribution is -0.115. The summed E-state index contributed by atoms with van der Waals surface area (Å²) in [5.74, 6) is -0.196. The number of anilines is 1. The van der Waals surface area contributed by atoms with Gasteiger partial charge < -0.3 is 15.4 Å². The number of carbonyl (C=O) groups excluding carboxylic acids is 1. The van der Waals surface area contributed by atoms with Gasteiger partial charge in [-0.15, -0.1) is 12.4 Å². The molecule has 0 fully saturated rings. The lowest BCUT2D eigenvalue weighted by Crippen LogP contribution is -2.25. The molecule has 18 heavy (non-hydrogen) atoms. The van der Waals surface area contributed by atoms with Crippen LogP contribution in [0, 0.1) is 5.82 Å². The minimum absolute atomic E-state index is 0. The van der Waals surface area contributed by atoms with Gasteiger partial charge in [-0.05, 0) is 33.0 Å². The number of benzene rings is 1. The van der Waals surface area contributed by atoms with Gasteiger partial charge in [0.2, 0.25) is 5.91 Å². The van der Waals surface area contributed by atoms with E-state index in [9.17, 15) is 9.18 Å². The third-order valence-corrected chi connectivity index (χ3v) is 1.92. The largest absolute Gasteiger partial charge is 0.489 e. The van der Waals surface area contributed by atoms with Crippen LogP contribution in [0.3, 0.4) is 0 Å². The Balaban J connectivity index is 0.00000289. The molecule has 0 aliphatic heterocycles. The lowest BCUT2D eigenvalue weighted by atomic mass is 10.2. The summed E-state index contributed by atoms with van der Waals surface area (Å²) in [6.45, 7) is 3.89. The third-order valence-electron chi connectivity index (χ3n) is 1.92. The Labute approximate surface area is 112 Å². The smallest absolute Gasteiger partial charge is 0.238 e. The van der Waals surface area contributed by atoms with Crippen molar-refractivity contribution in [3.8, 4) is 5.75 Å². The molecule has 0 bridgehead atoms. The van der Waals surface area contributed by atoms with Gasteiger partial charge in [0, 0.05) is 6.07 Å². The van der Waals surface area contributed by atoms with Crippen molar-refractivity contribution in [3.05, 3.63) is 24.0 Å². The Morgan fingerprint density at radius 1 is 1.44 bits per heavy atom. The fourth-order valence-corrected chi connectivity index (χ4v) is 1.31. The zero-order valence-corrected chi connectivity index (χ0v) is 11.4. The summed E-state index contributed by atoms with van der Waals surface area (Å²) < 4.78 is 18.6. The molecule has 0 unspecified atom stereocenters. The average Bonchev–Trinajstić information content (AvgIpc) is 2.22. The second-order valence-electron chi connectivity index (χ2n) is 3.89. The quantitative estimate of drug-likeness (QED) is 0.867. The number of carbonyl (C=O) groups is 1. The SMILES string of the molecule is CNCC(=O)Nc1cc(F)ccc1OC(C)C.Cl. The highest BCUT2D eigenvalue weighted by Crippen LogP contribution is 2.26. The van der Waals surface area contributed by atoms with Gasteiger partial charge in [-0.3, -0.25) is 4.79 Å². The van der Waals surface area contributed by atoms with Gasteiger partial charge in [-0.1, -0.05) is 0 Å². The number of hydrogen-bond donors (Lipinski definition) is 2. The van der Waals surface area contributed by atoms with Crippen molar-refractivity contribution in [2.75, 3.05) is 18.9 Å². The summed E-state index contributed by atoms with van der Waals surface area (Å²) in [4.78, 5) is 11.4. The molecule has 0 heterocycles. The summed E-state index contributed by atoms with van der Waals surface area (Å²) in [6, 6.07) is 4.04. The summed E-state index contributed by atoms with van der Waals surface area (Å²) in [5.41, 5.74) is 0.346. The Morgan fingerprint density at radius 3 is 2.67 bits per heavy atom. The van der Waals surface area contributed by atoms with Gasteiger partial charge in [0.15, 0.2) is 0 Å². The zero-order chi connectivity index (χ0) is 12.8. The second-order valence-corrected chi connectivity index (χ2v) is 3.89. The third kappa shape index (κ3) is 5.33. The predicted molar refractivity (Wildman–Crippen MR) is 72.0 cm³/mol. The molecule has 102 valence electrons. The average molecular weight is 277 g/mol. The monoisotopic (exact) mass is 276 g/mol. The van der Waals surface area contributed by atoms with Crippen LogP contribution < -0.4 is 15.4 Å². The number of rotatable bonds is 5. The van der Waals surface area contributed by atoms with E-state index in [-0.39, 0.29) is 31.0 Å². The van der Waals surface area contributed by atoms with Crippen LogP contribution in [0.2, 0.25) is 0 Å². The van der Waals surface area contributed by atoms with Crippen LogP contribution in [0.5, 0.6) is 5.75 Å². The number of halogens is 2. The van der Waals surface area contributed by atoms with E-state index < -0.39 is 5.82 Å². The molecule has 0 atom stereocenters. The van der Waals surface area contributed by atoms with E-state index in [0.717, 1.165) is 0 Å². The molecule has 0 aliphatic rings. The predicted octanol–water partition coefficient (Wildman–Crippen LogP) is 2.19. The molecule has 1 rings (SSSR count). The molecule has 1 amide bonds. The van der Waals surface area contributed by atoms with Crippen LogP contribution in [0.25, 0.3) is 0 Å². The molecule has 4 nitrogen and oxygen atoms in total. The normalized spacial score (nSPS) is 9.83. The second kappa shape index (κ2) is 7.89. The van der Waals surface area contributed by atoms with E-state index in [1.807, 2.05) is 13.8 Å². The number of amides is 1. The minimum atomic E-state index is -0.416. The summed E-state index contributed by atoms with van der Waals surface area (Å²) in [5, 5.41) is 5.31. The van der Waals surface area contributed by atoms with E-state index in [0.29, 0.717) is 11.4 Å². The maximum atomic E-state index is 13.1. The van der Waals surface area contributed by atoms with Gasteiger partial charge in [-0.25, -0.2) is 4.39 Å². The molecule has 2 N–H and O–H groups in total. The Hall–Kier alpha value is -1.33. The van der Waals surface area contributed by atoms with E-state index >= 15 is 0 Å². The van der Waals surface area contributed by atoms with E-state index in [1.54, 1.807) is 7.05 Å². The standard InChI is InChI=1S/C12H17FN2O2.ClH/c1-8(2)17-11-5-4-9(13)6-10(11)15-12(16)7-14-3;/h4-6,8,14H,7H2,1-3H3,(H,15,16);1H. The fraction of sp³-hybridized carbons (Fsp3) is 0.417. The summed E-state index contributed by atoms with van der Waals surface area (Å²) in [7, 11) is 1.66. The molecule has 0 radical (unpaired) electrons. The zero-order valence-electron chi connectivity index (χ0n) is 10.6. The van der Waals surface area contributed by atoms with Crippen LogP contribution in [0.1, 0.15) is 13.8 Å². The highest BCUT2D eigenvalue weighted by Gasteiger charge is 2.10. The van der Waals surface area contributed by atoms with Crippen molar-refractivity contribution in [2.24, 2.45) is 0 Å². The topological polar surface area (TPSA) is 50.4 Å². The minimum Gasteiger partial charge on any atom is -0.489 e. The molecule has 1 aromatic rings. The molecule has 6 heteroatoms. The van der Waals surface area contributed by atoms with Crippen LogP contribution in [0.4, 0.5) is 10.1 Å². The molecular weight excluding hydrogens is 259 g/mol. The van der Waals surface area contributed by atoms with Crippen molar-refractivity contribution in [3.63, 3.8) is 0 Å². The van der Waals surface area contributed by atoms with Gasteiger partial charge in [0.05, 0.1) is 18.3 Å². The highest BCUT2D eigenvalue weighted by atomic mass is 35.5. The Morgan fingerprint density at radius 2 is 2.11 bits per heavy atom. The van der Waals surface area contributed by atoms with E-state index in [1.165, 1.54) is 18.2 Å². The molecule has 1 aromatic carbocycles. The van der Waals surface area contributed by atoms with Crippen molar-refractivity contribution in [2.45, 2.75) is 20.0 Å². The summed E-state index contributed by atoms with van der Waals surface area (Å²) in [6.07, 6.45) is -0.0413. The first-order chi connectivity index (χ1) is 8.02. The van der Waals surface area contributed by atoms with Crippen LogP contribution >= 0.6 is 12.4 Å². The molecule has 0 spiro atoms. The molecule has 0 saturated heterocycles. The van der Waals surface area contributed by atoms with Crippen LogP contribution in [0.15, 0.2) is 18.2 Å². The Kier molecular flexibility index (Phi) is 7.31. The summed E-state index contributed by atoms with van der Waals surface area (Å²) >= 11 is 0. The first kappa shape index (κ1) is 16.7. The molecular formula is C12H18ClFN2O2. The fourth-order valence-electron chi connectivity index (χ4n) is 1.31. The number of likely N-dealkylation sites (N-methyl/N-ethyl adjacent to an activating group) is 1. The van der Waals surface area contributed by atoms with E-state index in [4.69, 9.17) is 4.74 Å². The Bertz CT molecular complexity index is 400. The van der Waals surface area contributed by atoms with Gasteiger partial charge in [-0.2, -0.15) is 0 Å². The molecule has 0 saturated carbocycles. The number of ether oxygens (including phenoxy) is 1. The lowest BCUT2D eigenvalue weighted by Gasteiger charge is -2.14. The van der Waals surface area contributed by atoms with Crippen LogP contribution in [-0.2, 0) is 4.79 Å². The van der Waals surface area contributed by atoms with Gasteiger partial charge in [0.1, 0.15) is 11.6 Å². The van der Waals surface area contributed by atoms with Crippen molar-refractivity contribution < 1.29 is 13.9 Å². The first-order valence-corrected chi connectivity index (χ1v) is 5.43. The van der Waals surface area contributed by atoms with Crippen molar-refractivity contribution in [1.82, 2.24) is 5.32 Å². The van der Waals surface area contributed by atoms with Crippen molar-refractivity contribution in [1.29, 1.82) is 0 Å². The highest BCUT2D eigenvalue weighted by molar-refractivity contribution is 5.93. The van der Waals surface area contributed by atoms with Crippen LogP contribution in [-0.4, -0.2) is 25.6 Å². The maximum Gasteiger partial charge on any atom is 0.238 e. The van der Waals surface area contributed by atoms with Gasteiger partial charge >= 0.3 is 0 Å². The van der Waals surface area contributed by atoms with E-state index in [2.05, 4.69) is 10.6 Å². The number of nitrogens with one attached hydrogen (secondary N) is 2.